The number of hydrogen-bond acceptors (Lipinski definition) is 5. The van der Waals surface area contributed by atoms with Gasteiger partial charge in [0.15, 0.2) is 17.2 Å². The van der Waals surface area contributed by atoms with E-state index in [1.165, 1.54) is 0 Å². The Bertz CT molecular complexity index is 1200. The highest BCUT2D eigenvalue weighted by Gasteiger charge is 2.24. The number of carbonyl (C=O) groups is 1. The number of aryl methyl sites for hydroxylation is 1. The summed E-state index contributed by atoms with van der Waals surface area (Å²) in [6, 6.07) is 20.6. The van der Waals surface area contributed by atoms with Crippen molar-refractivity contribution in [2.24, 2.45) is 4.99 Å². The standard InChI is InChI=1S/C26H22ClNO4/c1-3-30-24-15-19(9-12-23(24)31-16-18-7-10-21(27)11-8-18)14-22-26(29)32-25(28-22)20-6-4-5-17(2)13-20/h4-15H,3,16H2,1-2H3/b22-14-. The van der Waals surface area contributed by atoms with Crippen molar-refractivity contribution in [1.82, 2.24) is 0 Å². The Morgan fingerprint density at radius 1 is 1.00 bits per heavy atom. The minimum absolute atomic E-state index is 0.235. The molecular formula is C26H22ClNO4. The molecule has 3 aromatic rings. The van der Waals surface area contributed by atoms with E-state index < -0.39 is 5.97 Å². The van der Waals surface area contributed by atoms with Gasteiger partial charge in [0.05, 0.1) is 6.61 Å². The quantitative estimate of drug-likeness (QED) is 0.330. The van der Waals surface area contributed by atoms with Crippen LogP contribution >= 0.6 is 11.6 Å². The van der Waals surface area contributed by atoms with Crippen molar-refractivity contribution >= 4 is 29.5 Å². The summed E-state index contributed by atoms with van der Waals surface area (Å²) in [5, 5.41) is 0.680. The normalized spacial score (nSPS) is 14.3. The summed E-state index contributed by atoms with van der Waals surface area (Å²) in [7, 11) is 0. The molecule has 0 aromatic heterocycles. The number of benzene rings is 3. The maximum Gasteiger partial charge on any atom is 0.363 e. The molecule has 0 saturated heterocycles. The van der Waals surface area contributed by atoms with Crippen molar-refractivity contribution in [3.63, 3.8) is 0 Å². The van der Waals surface area contributed by atoms with Crippen LogP contribution in [-0.4, -0.2) is 18.5 Å². The van der Waals surface area contributed by atoms with E-state index in [-0.39, 0.29) is 5.70 Å². The number of carbonyl (C=O) groups excluding carboxylic acids is 1. The summed E-state index contributed by atoms with van der Waals surface area (Å²) in [6.45, 7) is 4.74. The molecule has 0 fully saturated rings. The number of nitrogens with zero attached hydrogens (tertiary/aromatic N) is 1. The van der Waals surface area contributed by atoms with Crippen LogP contribution in [0.4, 0.5) is 0 Å². The topological polar surface area (TPSA) is 57.1 Å². The second-order valence-electron chi connectivity index (χ2n) is 7.26. The smallest absolute Gasteiger partial charge is 0.363 e. The molecule has 0 saturated carbocycles. The molecule has 0 aliphatic carbocycles. The fraction of sp³-hybridized carbons (Fsp3) is 0.154. The van der Waals surface area contributed by atoms with E-state index in [1.807, 2.05) is 80.6 Å². The zero-order valence-corrected chi connectivity index (χ0v) is 18.6. The lowest BCUT2D eigenvalue weighted by molar-refractivity contribution is -0.129. The van der Waals surface area contributed by atoms with E-state index in [0.717, 1.165) is 22.3 Å². The highest BCUT2D eigenvalue weighted by atomic mass is 35.5. The molecule has 0 N–H and O–H groups in total. The lowest BCUT2D eigenvalue weighted by Crippen LogP contribution is -2.05. The maximum atomic E-state index is 12.3. The Kier molecular flexibility index (Phi) is 6.57. The van der Waals surface area contributed by atoms with E-state index in [1.54, 1.807) is 6.08 Å². The van der Waals surface area contributed by atoms with E-state index in [2.05, 4.69) is 4.99 Å². The summed E-state index contributed by atoms with van der Waals surface area (Å²) >= 11 is 5.94. The first-order valence-corrected chi connectivity index (χ1v) is 10.6. The number of halogens is 1. The summed E-state index contributed by atoms with van der Waals surface area (Å²) in [4.78, 5) is 16.7. The molecule has 1 aliphatic rings. The average molecular weight is 448 g/mol. The van der Waals surface area contributed by atoms with Crippen molar-refractivity contribution < 1.29 is 19.0 Å². The SMILES string of the molecule is CCOc1cc(/C=C2\N=C(c3cccc(C)c3)OC2=O)ccc1OCc1ccc(Cl)cc1. The predicted molar refractivity (Wildman–Crippen MR) is 125 cm³/mol. The molecule has 0 bridgehead atoms. The van der Waals surface area contributed by atoms with Gasteiger partial charge in [0.2, 0.25) is 5.90 Å². The second-order valence-corrected chi connectivity index (χ2v) is 7.70. The van der Waals surface area contributed by atoms with Crippen LogP contribution in [0.3, 0.4) is 0 Å². The molecule has 0 atom stereocenters. The van der Waals surface area contributed by atoms with Gasteiger partial charge in [-0.2, -0.15) is 0 Å². The van der Waals surface area contributed by atoms with Crippen molar-refractivity contribution in [2.45, 2.75) is 20.5 Å². The van der Waals surface area contributed by atoms with E-state index in [4.69, 9.17) is 25.8 Å². The molecular weight excluding hydrogens is 426 g/mol. The Morgan fingerprint density at radius 3 is 2.56 bits per heavy atom. The van der Waals surface area contributed by atoms with Gasteiger partial charge in [-0.15, -0.1) is 0 Å². The Labute approximate surface area is 191 Å². The molecule has 1 aliphatic heterocycles. The van der Waals surface area contributed by atoms with Crippen LogP contribution in [-0.2, 0) is 16.1 Å². The second kappa shape index (κ2) is 9.71. The molecule has 32 heavy (non-hydrogen) atoms. The minimum atomic E-state index is -0.484. The number of cyclic esters (lactones) is 1. The van der Waals surface area contributed by atoms with Crippen LogP contribution < -0.4 is 9.47 Å². The first kappa shape index (κ1) is 21.7. The van der Waals surface area contributed by atoms with Gasteiger partial charge in [0.25, 0.3) is 0 Å². The number of aliphatic imine (C=N–C) groups is 1. The molecule has 4 rings (SSSR count). The van der Waals surface area contributed by atoms with Crippen LogP contribution in [0.2, 0.25) is 5.02 Å². The van der Waals surface area contributed by atoms with Gasteiger partial charge in [-0.25, -0.2) is 9.79 Å². The molecule has 6 heteroatoms. The third-order valence-electron chi connectivity index (χ3n) is 4.76. The Morgan fingerprint density at radius 2 is 1.81 bits per heavy atom. The van der Waals surface area contributed by atoms with Crippen LogP contribution in [0, 0.1) is 6.92 Å². The highest BCUT2D eigenvalue weighted by Crippen LogP contribution is 2.31. The highest BCUT2D eigenvalue weighted by molar-refractivity contribution is 6.30. The third kappa shape index (κ3) is 5.18. The fourth-order valence-corrected chi connectivity index (χ4v) is 3.34. The monoisotopic (exact) mass is 447 g/mol. The molecule has 3 aromatic carbocycles. The summed E-state index contributed by atoms with van der Waals surface area (Å²) in [5.74, 6) is 1.02. The van der Waals surface area contributed by atoms with Gasteiger partial charge in [0.1, 0.15) is 6.61 Å². The van der Waals surface area contributed by atoms with Gasteiger partial charge in [-0.1, -0.05) is 47.5 Å². The van der Waals surface area contributed by atoms with Gasteiger partial charge >= 0.3 is 5.97 Å². The zero-order chi connectivity index (χ0) is 22.5. The summed E-state index contributed by atoms with van der Waals surface area (Å²) < 4.78 is 17.1. The van der Waals surface area contributed by atoms with Crippen LogP contribution in [0.1, 0.15) is 29.2 Å². The maximum absolute atomic E-state index is 12.3. The van der Waals surface area contributed by atoms with Crippen molar-refractivity contribution in [3.8, 4) is 11.5 Å². The van der Waals surface area contributed by atoms with Gasteiger partial charge in [-0.3, -0.25) is 0 Å². The Hall–Kier alpha value is -3.57. The lowest BCUT2D eigenvalue weighted by Gasteiger charge is -2.13. The van der Waals surface area contributed by atoms with E-state index in [9.17, 15) is 4.79 Å². The van der Waals surface area contributed by atoms with Crippen LogP contribution in [0.25, 0.3) is 6.08 Å². The molecule has 162 valence electrons. The van der Waals surface area contributed by atoms with E-state index in [0.29, 0.717) is 35.6 Å². The van der Waals surface area contributed by atoms with Crippen molar-refractivity contribution in [2.75, 3.05) is 6.61 Å². The summed E-state index contributed by atoms with van der Waals surface area (Å²) in [6.07, 6.45) is 1.68. The fourth-order valence-electron chi connectivity index (χ4n) is 3.21. The lowest BCUT2D eigenvalue weighted by atomic mass is 10.1. The molecule has 0 spiro atoms. The number of ether oxygens (including phenoxy) is 3. The number of esters is 1. The van der Waals surface area contributed by atoms with Gasteiger partial charge < -0.3 is 14.2 Å². The molecule has 0 amide bonds. The molecule has 1 heterocycles. The predicted octanol–water partition coefficient (Wildman–Crippen LogP) is 5.97. The van der Waals surface area contributed by atoms with Crippen molar-refractivity contribution in [3.05, 3.63) is 99.7 Å². The first-order chi connectivity index (χ1) is 15.5. The molecule has 5 nitrogen and oxygen atoms in total. The third-order valence-corrected chi connectivity index (χ3v) is 5.02. The number of hydrogen-bond donors (Lipinski definition) is 0. The van der Waals surface area contributed by atoms with Gasteiger partial charge in [0, 0.05) is 10.6 Å². The first-order valence-electron chi connectivity index (χ1n) is 10.3. The zero-order valence-electron chi connectivity index (χ0n) is 17.8. The Balaban J connectivity index is 1.55. The van der Waals surface area contributed by atoms with Gasteiger partial charge in [-0.05, 0) is 67.4 Å². The van der Waals surface area contributed by atoms with Crippen molar-refractivity contribution in [1.29, 1.82) is 0 Å². The molecule has 0 unspecified atom stereocenters. The van der Waals surface area contributed by atoms with Crippen LogP contribution in [0.15, 0.2) is 77.4 Å². The average Bonchev–Trinajstić information content (AvgIpc) is 3.15. The van der Waals surface area contributed by atoms with E-state index >= 15 is 0 Å². The van der Waals surface area contributed by atoms with Crippen LogP contribution in [0.5, 0.6) is 11.5 Å². The minimum Gasteiger partial charge on any atom is -0.490 e. The largest absolute Gasteiger partial charge is 0.490 e. The summed E-state index contributed by atoms with van der Waals surface area (Å²) in [5.41, 5.74) is 3.82. The molecule has 0 radical (unpaired) electrons. The number of rotatable bonds is 7.